The number of carboxylic acid groups (broad SMARTS) is 1. The first-order valence-corrected chi connectivity index (χ1v) is 11.0. The summed E-state index contributed by atoms with van der Waals surface area (Å²) in [5, 5.41) is 9.85. The molecular weight excluding hydrogens is 455 g/mol. The van der Waals surface area contributed by atoms with E-state index in [0.717, 1.165) is 28.3 Å². The van der Waals surface area contributed by atoms with Crippen LogP contribution >= 0.6 is 11.3 Å². The molecule has 3 rings (SSSR count). The van der Waals surface area contributed by atoms with Crippen LogP contribution in [0.2, 0.25) is 0 Å². The highest BCUT2D eigenvalue weighted by Gasteiger charge is 2.30. The van der Waals surface area contributed by atoms with Crippen LogP contribution in [-0.2, 0) is 24.0 Å². The van der Waals surface area contributed by atoms with Crippen LogP contribution in [0, 0.1) is 6.92 Å². The summed E-state index contributed by atoms with van der Waals surface area (Å²) in [6.45, 7) is 6.98. The third-order valence-electron chi connectivity index (χ3n) is 4.97. The van der Waals surface area contributed by atoms with Gasteiger partial charge in [0.2, 0.25) is 0 Å². The first kappa shape index (κ1) is 24.6. The van der Waals surface area contributed by atoms with Gasteiger partial charge < -0.3 is 14.6 Å². The van der Waals surface area contributed by atoms with Gasteiger partial charge in [-0.1, -0.05) is 19.1 Å². The number of aromatic nitrogens is 1. The van der Waals surface area contributed by atoms with E-state index in [1.54, 1.807) is 18.2 Å². The van der Waals surface area contributed by atoms with Gasteiger partial charge >= 0.3 is 12.1 Å². The van der Waals surface area contributed by atoms with Crippen LogP contribution in [0.3, 0.4) is 0 Å². The molecule has 0 aliphatic rings. The summed E-state index contributed by atoms with van der Waals surface area (Å²) < 4.78 is 50.0. The van der Waals surface area contributed by atoms with Crippen LogP contribution in [0.1, 0.15) is 42.5 Å². The Morgan fingerprint density at radius 1 is 1.12 bits per heavy atom. The van der Waals surface area contributed by atoms with Gasteiger partial charge in [-0.3, -0.25) is 0 Å². The van der Waals surface area contributed by atoms with Gasteiger partial charge in [0, 0.05) is 5.56 Å². The molecule has 176 valence electrons. The van der Waals surface area contributed by atoms with E-state index < -0.39 is 23.3 Å². The molecule has 0 bridgehead atoms. The van der Waals surface area contributed by atoms with Crippen molar-refractivity contribution < 1.29 is 32.5 Å². The summed E-state index contributed by atoms with van der Waals surface area (Å²) in [6.07, 6.45) is -3.72. The number of carbonyl (C=O) groups is 1. The third-order valence-corrected chi connectivity index (χ3v) is 6.09. The van der Waals surface area contributed by atoms with E-state index in [1.165, 1.54) is 37.3 Å². The molecule has 0 aliphatic heterocycles. The Labute approximate surface area is 193 Å². The van der Waals surface area contributed by atoms with Crippen molar-refractivity contribution in [3.8, 4) is 22.1 Å². The highest BCUT2D eigenvalue weighted by Crippen LogP contribution is 2.34. The maximum atomic E-state index is 12.8. The fourth-order valence-corrected chi connectivity index (χ4v) is 4.10. The van der Waals surface area contributed by atoms with Gasteiger partial charge in [0.05, 0.1) is 16.1 Å². The Kier molecular flexibility index (Phi) is 7.02. The second-order valence-corrected chi connectivity index (χ2v) is 9.03. The highest BCUT2D eigenvalue weighted by molar-refractivity contribution is 7.15. The molecule has 0 spiro atoms. The molecular formula is C24H24F3NO4S. The number of halogens is 3. The number of ether oxygens (including phenoxy) is 2. The van der Waals surface area contributed by atoms with Crippen molar-refractivity contribution in [2.24, 2.45) is 0 Å². The van der Waals surface area contributed by atoms with Crippen LogP contribution in [0.4, 0.5) is 13.2 Å². The first-order chi connectivity index (χ1) is 15.4. The minimum absolute atomic E-state index is 0.253. The standard InChI is InChI=1S/C24H24F3NO4S/c1-5-18-20(33-21(28-18)15-6-8-16(9-7-15)24(25,26)27)13-31-19-11-10-17(12-14(19)2)32-23(3,4)22(29)30/h6-12H,5,13H2,1-4H3,(H,29,30). The van der Waals surface area contributed by atoms with Crippen molar-refractivity contribution in [2.75, 3.05) is 0 Å². The van der Waals surface area contributed by atoms with E-state index in [1.807, 2.05) is 13.8 Å². The van der Waals surface area contributed by atoms with Crippen molar-refractivity contribution in [1.82, 2.24) is 4.98 Å². The number of alkyl halides is 3. The molecule has 0 aliphatic carbocycles. The minimum atomic E-state index is -4.38. The Hall–Kier alpha value is -3.07. The van der Waals surface area contributed by atoms with Crippen LogP contribution < -0.4 is 9.47 Å². The van der Waals surface area contributed by atoms with Crippen LogP contribution in [0.5, 0.6) is 11.5 Å². The average molecular weight is 480 g/mol. The van der Waals surface area contributed by atoms with Gasteiger partial charge in [0.25, 0.3) is 0 Å². The number of hydrogen-bond acceptors (Lipinski definition) is 5. The average Bonchev–Trinajstić information content (AvgIpc) is 3.15. The summed E-state index contributed by atoms with van der Waals surface area (Å²) in [5.74, 6) is -0.0347. The molecule has 0 radical (unpaired) electrons. The van der Waals surface area contributed by atoms with Gasteiger partial charge in [0.15, 0.2) is 5.60 Å². The van der Waals surface area contributed by atoms with E-state index in [0.29, 0.717) is 28.5 Å². The molecule has 1 N–H and O–H groups in total. The van der Waals surface area contributed by atoms with Gasteiger partial charge in [-0.2, -0.15) is 13.2 Å². The summed E-state index contributed by atoms with van der Waals surface area (Å²) in [5.41, 5.74) is 0.168. The number of hydrogen-bond donors (Lipinski definition) is 1. The number of carboxylic acids is 1. The predicted molar refractivity (Wildman–Crippen MR) is 120 cm³/mol. The van der Waals surface area contributed by atoms with Crippen LogP contribution in [0.25, 0.3) is 10.6 Å². The molecule has 0 saturated carbocycles. The molecule has 9 heteroatoms. The van der Waals surface area contributed by atoms with E-state index in [9.17, 15) is 23.1 Å². The smallest absolute Gasteiger partial charge is 0.416 e. The molecule has 0 amide bonds. The maximum absolute atomic E-state index is 12.8. The monoisotopic (exact) mass is 479 g/mol. The van der Waals surface area contributed by atoms with E-state index in [-0.39, 0.29) is 6.61 Å². The molecule has 33 heavy (non-hydrogen) atoms. The van der Waals surface area contributed by atoms with Crippen molar-refractivity contribution in [2.45, 2.75) is 52.5 Å². The number of aryl methyl sites for hydroxylation is 2. The zero-order chi connectivity index (χ0) is 24.4. The first-order valence-electron chi connectivity index (χ1n) is 10.2. The fourth-order valence-electron chi connectivity index (χ4n) is 3.03. The maximum Gasteiger partial charge on any atom is 0.416 e. The van der Waals surface area contributed by atoms with Crippen LogP contribution in [0.15, 0.2) is 42.5 Å². The summed E-state index contributed by atoms with van der Waals surface area (Å²) in [7, 11) is 0. The fraction of sp³-hybridized carbons (Fsp3) is 0.333. The largest absolute Gasteiger partial charge is 0.488 e. The second kappa shape index (κ2) is 9.43. The lowest BCUT2D eigenvalue weighted by molar-refractivity contribution is -0.152. The van der Waals surface area contributed by atoms with Gasteiger partial charge in [-0.15, -0.1) is 11.3 Å². The lowest BCUT2D eigenvalue weighted by Gasteiger charge is -2.22. The van der Waals surface area contributed by atoms with Crippen LogP contribution in [-0.4, -0.2) is 21.7 Å². The SMILES string of the molecule is CCc1nc(-c2ccc(C(F)(F)F)cc2)sc1COc1ccc(OC(C)(C)C(=O)O)cc1C. The Bertz CT molecular complexity index is 1140. The Morgan fingerprint density at radius 3 is 2.33 bits per heavy atom. The molecule has 1 aromatic heterocycles. The van der Waals surface area contributed by atoms with Crippen molar-refractivity contribution in [1.29, 1.82) is 0 Å². The zero-order valence-corrected chi connectivity index (χ0v) is 19.4. The molecule has 2 aromatic carbocycles. The number of benzene rings is 2. The molecule has 0 atom stereocenters. The van der Waals surface area contributed by atoms with Gasteiger partial charge in [-0.25, -0.2) is 9.78 Å². The molecule has 1 heterocycles. The zero-order valence-electron chi connectivity index (χ0n) is 18.6. The summed E-state index contributed by atoms with van der Waals surface area (Å²) >= 11 is 1.38. The molecule has 0 saturated heterocycles. The molecule has 0 unspecified atom stereocenters. The lowest BCUT2D eigenvalue weighted by atomic mass is 10.1. The number of rotatable bonds is 8. The second-order valence-electron chi connectivity index (χ2n) is 7.95. The lowest BCUT2D eigenvalue weighted by Crippen LogP contribution is -2.37. The number of aliphatic carboxylic acids is 1. The van der Waals surface area contributed by atoms with E-state index >= 15 is 0 Å². The van der Waals surface area contributed by atoms with Crippen molar-refractivity contribution in [3.05, 3.63) is 64.2 Å². The predicted octanol–water partition coefficient (Wildman–Crippen LogP) is 6.52. The number of thiazole rings is 1. The van der Waals surface area contributed by atoms with Crippen molar-refractivity contribution >= 4 is 17.3 Å². The molecule has 3 aromatic rings. The topological polar surface area (TPSA) is 68.7 Å². The Morgan fingerprint density at radius 2 is 1.79 bits per heavy atom. The quantitative estimate of drug-likeness (QED) is 0.398. The third kappa shape index (κ3) is 5.84. The van der Waals surface area contributed by atoms with Gasteiger partial charge in [-0.05, 0) is 63.1 Å². The minimum Gasteiger partial charge on any atom is -0.488 e. The highest BCUT2D eigenvalue weighted by atomic mass is 32.1. The van der Waals surface area contributed by atoms with E-state index in [4.69, 9.17) is 9.47 Å². The molecule has 5 nitrogen and oxygen atoms in total. The summed E-state index contributed by atoms with van der Waals surface area (Å²) in [6, 6.07) is 10.0. The normalized spacial score (nSPS) is 12.0. The van der Waals surface area contributed by atoms with Gasteiger partial charge in [0.1, 0.15) is 23.1 Å². The van der Waals surface area contributed by atoms with Crippen molar-refractivity contribution in [3.63, 3.8) is 0 Å². The summed E-state index contributed by atoms with van der Waals surface area (Å²) in [4.78, 5) is 16.7. The Balaban J connectivity index is 1.74. The molecule has 0 fully saturated rings. The van der Waals surface area contributed by atoms with E-state index in [2.05, 4.69) is 4.98 Å². The number of nitrogens with zero attached hydrogens (tertiary/aromatic N) is 1.